The number of carboxylic acids is 1. The third-order valence-corrected chi connectivity index (χ3v) is 4.76. The van der Waals surface area contributed by atoms with Crippen molar-refractivity contribution in [3.63, 3.8) is 0 Å². The first-order valence-electron chi connectivity index (χ1n) is 9.07. The minimum Gasteiger partial charge on any atom is -0.480 e. The fraction of sp³-hybridized carbons (Fsp3) is 0.250. The second-order valence-corrected chi connectivity index (χ2v) is 6.66. The lowest BCUT2D eigenvalue weighted by atomic mass is 10.0. The van der Waals surface area contributed by atoms with E-state index in [-0.39, 0.29) is 22.5 Å². The molecule has 0 aliphatic carbocycles. The van der Waals surface area contributed by atoms with Gasteiger partial charge in [-0.3, -0.25) is 19.7 Å². The van der Waals surface area contributed by atoms with Crippen LogP contribution in [-0.2, 0) is 4.79 Å². The van der Waals surface area contributed by atoms with Gasteiger partial charge in [-0.2, -0.15) is 0 Å². The summed E-state index contributed by atoms with van der Waals surface area (Å²) in [6.45, 7) is 0.350. The molecule has 1 heterocycles. The predicted octanol–water partition coefficient (Wildman–Crippen LogP) is 2.93. The first-order chi connectivity index (χ1) is 13.9. The maximum Gasteiger partial charge on any atom is 0.326 e. The van der Waals surface area contributed by atoms with E-state index in [2.05, 4.69) is 5.32 Å². The fourth-order valence-corrected chi connectivity index (χ4v) is 3.35. The molecule has 1 atom stereocenters. The first kappa shape index (κ1) is 20.0. The van der Waals surface area contributed by atoms with Crippen molar-refractivity contribution < 1.29 is 24.4 Å². The summed E-state index contributed by atoms with van der Waals surface area (Å²) < 4.78 is 0. The Balaban J connectivity index is 1.81. The maximum atomic E-state index is 12.8. The molecule has 1 aliphatic rings. The first-order valence-corrected chi connectivity index (χ1v) is 9.07. The van der Waals surface area contributed by atoms with Gasteiger partial charge in [-0.1, -0.05) is 18.2 Å². The maximum absolute atomic E-state index is 12.8. The molecule has 1 fully saturated rings. The number of rotatable bonds is 5. The molecule has 3 rings (SSSR count). The second-order valence-electron chi connectivity index (χ2n) is 6.66. The van der Waals surface area contributed by atoms with Gasteiger partial charge in [-0.25, -0.2) is 4.79 Å². The van der Waals surface area contributed by atoms with E-state index in [9.17, 15) is 29.6 Å². The summed E-state index contributed by atoms with van der Waals surface area (Å²) in [5, 5.41) is 23.0. The number of anilines is 1. The smallest absolute Gasteiger partial charge is 0.326 e. The third-order valence-electron chi connectivity index (χ3n) is 4.76. The molecule has 150 valence electrons. The minimum atomic E-state index is -1.04. The number of nitro benzene ring substituents is 1. The Morgan fingerprint density at radius 3 is 2.59 bits per heavy atom. The Labute approximate surface area is 166 Å². The van der Waals surface area contributed by atoms with E-state index in [1.54, 1.807) is 12.1 Å². The van der Waals surface area contributed by atoms with Crippen molar-refractivity contribution in [1.29, 1.82) is 0 Å². The van der Waals surface area contributed by atoms with Crippen LogP contribution in [0.15, 0.2) is 48.5 Å². The van der Waals surface area contributed by atoms with E-state index in [0.29, 0.717) is 13.0 Å². The Morgan fingerprint density at radius 1 is 1.10 bits per heavy atom. The number of carbonyl (C=O) groups is 3. The highest BCUT2D eigenvalue weighted by Crippen LogP contribution is 2.23. The van der Waals surface area contributed by atoms with E-state index >= 15 is 0 Å². The predicted molar refractivity (Wildman–Crippen MR) is 104 cm³/mol. The molecule has 0 spiro atoms. The van der Waals surface area contributed by atoms with Crippen molar-refractivity contribution in [3.05, 3.63) is 69.8 Å². The van der Waals surface area contributed by atoms with Gasteiger partial charge in [-0.05, 0) is 43.5 Å². The molecule has 1 saturated heterocycles. The van der Waals surface area contributed by atoms with Gasteiger partial charge in [0.1, 0.15) is 11.6 Å². The van der Waals surface area contributed by atoms with Crippen LogP contribution in [0, 0.1) is 10.1 Å². The number of nitrogens with one attached hydrogen (secondary N) is 1. The number of aliphatic carboxylic acids is 1. The van der Waals surface area contributed by atoms with E-state index in [1.807, 2.05) is 0 Å². The van der Waals surface area contributed by atoms with E-state index in [1.165, 1.54) is 41.3 Å². The fourth-order valence-electron chi connectivity index (χ4n) is 3.35. The number of likely N-dealkylation sites (tertiary alicyclic amines) is 1. The summed E-state index contributed by atoms with van der Waals surface area (Å²) >= 11 is 0. The number of benzene rings is 2. The highest BCUT2D eigenvalue weighted by Gasteiger charge is 2.32. The number of piperidine rings is 1. The Morgan fingerprint density at radius 2 is 1.86 bits per heavy atom. The van der Waals surface area contributed by atoms with Crippen LogP contribution in [-0.4, -0.2) is 45.3 Å². The summed E-state index contributed by atoms with van der Waals surface area (Å²) in [4.78, 5) is 48.5. The molecular formula is C20H19N3O6. The van der Waals surface area contributed by atoms with Crippen LogP contribution in [0.3, 0.4) is 0 Å². The summed E-state index contributed by atoms with van der Waals surface area (Å²) in [5.74, 6) is -2.15. The molecular weight excluding hydrogens is 378 g/mol. The Kier molecular flexibility index (Phi) is 5.87. The molecule has 1 unspecified atom stereocenters. The number of para-hydroxylation sites is 1. The number of nitro groups is 1. The van der Waals surface area contributed by atoms with Crippen LogP contribution in [0.2, 0.25) is 0 Å². The zero-order chi connectivity index (χ0) is 21.0. The number of hydrogen-bond acceptors (Lipinski definition) is 5. The Hall–Kier alpha value is -3.75. The van der Waals surface area contributed by atoms with Gasteiger partial charge in [0.25, 0.3) is 17.5 Å². The van der Waals surface area contributed by atoms with E-state index in [0.717, 1.165) is 12.8 Å². The van der Waals surface area contributed by atoms with Crippen molar-refractivity contribution in [2.75, 3.05) is 11.9 Å². The van der Waals surface area contributed by atoms with Crippen molar-refractivity contribution in [1.82, 2.24) is 4.90 Å². The number of carboxylic acid groups (broad SMARTS) is 1. The van der Waals surface area contributed by atoms with Crippen LogP contribution in [0.4, 0.5) is 11.4 Å². The largest absolute Gasteiger partial charge is 0.480 e. The molecule has 1 aliphatic heterocycles. The summed E-state index contributed by atoms with van der Waals surface area (Å²) in [6, 6.07) is 10.8. The van der Waals surface area contributed by atoms with Gasteiger partial charge < -0.3 is 15.3 Å². The standard InChI is InChI=1S/C20H19N3O6/c24-18(15-8-1-2-9-16(15)23(28)29)21-14-7-5-6-13(12-14)19(25)22-11-4-3-10-17(22)20(26)27/h1-2,5-9,12,17H,3-4,10-11H2,(H,21,24)(H,26,27). The molecule has 2 N–H and O–H groups in total. The van der Waals surface area contributed by atoms with Gasteiger partial charge in [-0.15, -0.1) is 0 Å². The Bertz CT molecular complexity index is 974. The lowest BCUT2D eigenvalue weighted by Gasteiger charge is -2.33. The molecule has 2 aromatic rings. The van der Waals surface area contributed by atoms with Crippen LogP contribution < -0.4 is 5.32 Å². The van der Waals surface area contributed by atoms with Crippen molar-refractivity contribution in [2.45, 2.75) is 25.3 Å². The van der Waals surface area contributed by atoms with Crippen molar-refractivity contribution in [2.24, 2.45) is 0 Å². The molecule has 0 radical (unpaired) electrons. The summed E-state index contributed by atoms with van der Waals surface area (Å²) in [6.07, 6.45) is 1.87. The summed E-state index contributed by atoms with van der Waals surface area (Å²) in [7, 11) is 0. The second kappa shape index (κ2) is 8.51. The van der Waals surface area contributed by atoms with Crippen molar-refractivity contribution >= 4 is 29.2 Å². The topological polar surface area (TPSA) is 130 Å². The van der Waals surface area contributed by atoms with Gasteiger partial charge in [0.15, 0.2) is 0 Å². The molecule has 0 bridgehead atoms. The minimum absolute atomic E-state index is 0.101. The number of carbonyl (C=O) groups excluding carboxylic acids is 2. The van der Waals surface area contributed by atoms with Crippen LogP contribution in [0.25, 0.3) is 0 Å². The van der Waals surface area contributed by atoms with Crippen LogP contribution >= 0.6 is 0 Å². The van der Waals surface area contributed by atoms with Gasteiger partial charge in [0.2, 0.25) is 0 Å². The molecule has 2 aromatic carbocycles. The van der Waals surface area contributed by atoms with Gasteiger partial charge in [0, 0.05) is 23.9 Å². The molecule has 2 amide bonds. The molecule has 29 heavy (non-hydrogen) atoms. The van der Waals surface area contributed by atoms with E-state index < -0.39 is 28.7 Å². The average Bonchev–Trinajstić information content (AvgIpc) is 2.73. The quantitative estimate of drug-likeness (QED) is 0.589. The molecule has 0 saturated carbocycles. The van der Waals surface area contributed by atoms with Gasteiger partial charge >= 0.3 is 5.97 Å². The highest BCUT2D eigenvalue weighted by atomic mass is 16.6. The zero-order valence-corrected chi connectivity index (χ0v) is 15.4. The van der Waals surface area contributed by atoms with E-state index in [4.69, 9.17) is 0 Å². The normalized spacial score (nSPS) is 16.1. The van der Waals surface area contributed by atoms with Crippen LogP contribution in [0.5, 0.6) is 0 Å². The van der Waals surface area contributed by atoms with Gasteiger partial charge in [0.05, 0.1) is 4.92 Å². The summed E-state index contributed by atoms with van der Waals surface area (Å²) in [5.41, 5.74) is 0.0902. The third kappa shape index (κ3) is 4.40. The number of nitrogens with zero attached hydrogens (tertiary/aromatic N) is 2. The number of amides is 2. The molecule has 0 aromatic heterocycles. The average molecular weight is 397 g/mol. The monoisotopic (exact) mass is 397 g/mol. The van der Waals surface area contributed by atoms with Crippen molar-refractivity contribution in [3.8, 4) is 0 Å². The molecule has 9 nitrogen and oxygen atoms in total. The SMILES string of the molecule is O=C(Nc1cccc(C(=O)N2CCCCC2C(=O)O)c1)c1ccccc1[N+](=O)[O-]. The number of hydrogen-bond donors (Lipinski definition) is 2. The lowest BCUT2D eigenvalue weighted by Crippen LogP contribution is -2.48. The lowest BCUT2D eigenvalue weighted by molar-refractivity contribution is -0.385. The van der Waals surface area contributed by atoms with Crippen LogP contribution in [0.1, 0.15) is 40.0 Å². The highest BCUT2D eigenvalue weighted by molar-refractivity contribution is 6.07. The molecule has 9 heteroatoms. The zero-order valence-electron chi connectivity index (χ0n) is 15.4.